The van der Waals surface area contributed by atoms with Crippen molar-refractivity contribution in [3.05, 3.63) is 29.1 Å². The van der Waals surface area contributed by atoms with Crippen molar-refractivity contribution in [2.45, 2.75) is 33.2 Å². The van der Waals surface area contributed by atoms with Crippen molar-refractivity contribution >= 4 is 0 Å². The highest BCUT2D eigenvalue weighted by Crippen LogP contribution is 2.08. The molecule has 0 aliphatic heterocycles. The van der Waals surface area contributed by atoms with Crippen LogP contribution in [-0.4, -0.2) is 31.9 Å². The average Bonchev–Trinajstić information content (AvgIpc) is 2.92. The van der Waals surface area contributed by atoms with Crippen LogP contribution in [0.15, 0.2) is 6.33 Å². The van der Waals surface area contributed by atoms with E-state index in [0.29, 0.717) is 0 Å². The number of nitrogens with one attached hydrogen (secondary N) is 3. The van der Waals surface area contributed by atoms with E-state index in [0.717, 1.165) is 43.1 Å². The van der Waals surface area contributed by atoms with Crippen LogP contribution < -0.4 is 5.32 Å². The van der Waals surface area contributed by atoms with Crippen LogP contribution in [0.25, 0.3) is 0 Å². The van der Waals surface area contributed by atoms with Gasteiger partial charge in [0.15, 0.2) is 0 Å². The molecule has 6 nitrogen and oxygen atoms in total. The minimum absolute atomic E-state index is 0.866. The number of H-pyrrole nitrogens is 2. The molecule has 0 fully saturated rings. The summed E-state index contributed by atoms with van der Waals surface area (Å²) in [6.07, 6.45) is 3.52. The lowest BCUT2D eigenvalue weighted by Gasteiger charge is -2.04. The Morgan fingerprint density at radius 1 is 1.29 bits per heavy atom. The summed E-state index contributed by atoms with van der Waals surface area (Å²) in [6, 6.07) is 0. The average molecular weight is 234 g/mol. The highest BCUT2D eigenvalue weighted by molar-refractivity contribution is 5.22. The fraction of sp³-hybridized carbons (Fsp3) is 0.545. The molecule has 2 aromatic heterocycles. The number of aryl methyl sites for hydroxylation is 3. The minimum atomic E-state index is 0.866. The van der Waals surface area contributed by atoms with Crippen LogP contribution in [0.5, 0.6) is 0 Å². The molecule has 0 atom stereocenters. The Labute approximate surface area is 100 Å². The van der Waals surface area contributed by atoms with Gasteiger partial charge >= 0.3 is 0 Å². The Morgan fingerprint density at radius 2 is 2.18 bits per heavy atom. The summed E-state index contributed by atoms with van der Waals surface area (Å²) in [5.74, 6) is 0.947. The van der Waals surface area contributed by atoms with E-state index in [1.165, 1.54) is 5.56 Å². The molecule has 0 spiro atoms. The van der Waals surface area contributed by atoms with Crippen LogP contribution >= 0.6 is 0 Å². The molecule has 0 bridgehead atoms. The predicted molar refractivity (Wildman–Crippen MR) is 64.5 cm³/mol. The Balaban J connectivity index is 1.67. The molecular formula is C11H18N6. The van der Waals surface area contributed by atoms with Crippen LogP contribution in [0.3, 0.4) is 0 Å². The zero-order valence-corrected chi connectivity index (χ0v) is 10.2. The minimum Gasteiger partial charge on any atom is -0.313 e. The normalized spacial score (nSPS) is 10.9. The van der Waals surface area contributed by atoms with Gasteiger partial charge in [-0.2, -0.15) is 10.2 Å². The molecule has 0 amide bonds. The first-order chi connectivity index (χ1) is 8.27. The second-order valence-corrected chi connectivity index (χ2v) is 4.13. The van der Waals surface area contributed by atoms with Gasteiger partial charge in [-0.1, -0.05) is 0 Å². The van der Waals surface area contributed by atoms with Gasteiger partial charge in [0, 0.05) is 24.2 Å². The van der Waals surface area contributed by atoms with Crippen molar-refractivity contribution < 1.29 is 0 Å². The smallest absolute Gasteiger partial charge is 0.137 e. The van der Waals surface area contributed by atoms with E-state index in [2.05, 4.69) is 30.7 Å². The maximum absolute atomic E-state index is 4.17. The van der Waals surface area contributed by atoms with Crippen molar-refractivity contribution in [1.82, 2.24) is 30.7 Å². The zero-order chi connectivity index (χ0) is 12.1. The predicted octanol–water partition coefficient (Wildman–Crippen LogP) is 0.867. The van der Waals surface area contributed by atoms with Crippen LogP contribution in [-0.2, 0) is 13.0 Å². The third-order valence-electron chi connectivity index (χ3n) is 2.81. The number of aromatic amines is 2. The molecule has 0 saturated heterocycles. The molecule has 0 radical (unpaired) electrons. The van der Waals surface area contributed by atoms with Gasteiger partial charge in [-0.3, -0.25) is 10.2 Å². The topological polar surface area (TPSA) is 82.3 Å². The highest BCUT2D eigenvalue weighted by atomic mass is 15.2. The van der Waals surface area contributed by atoms with Crippen molar-refractivity contribution in [3.8, 4) is 0 Å². The zero-order valence-electron chi connectivity index (χ0n) is 10.2. The highest BCUT2D eigenvalue weighted by Gasteiger charge is 2.04. The molecular weight excluding hydrogens is 216 g/mol. The lowest BCUT2D eigenvalue weighted by molar-refractivity contribution is 0.637. The van der Waals surface area contributed by atoms with Gasteiger partial charge in [-0.25, -0.2) is 4.98 Å². The maximum Gasteiger partial charge on any atom is 0.137 e. The lowest BCUT2D eigenvalue weighted by atomic mass is 10.2. The summed E-state index contributed by atoms with van der Waals surface area (Å²) >= 11 is 0. The SMILES string of the molecule is Cc1n[nH]c(C)c1CNCCCc1ncn[nH]1. The number of nitrogens with zero attached hydrogens (tertiary/aromatic N) is 3. The van der Waals surface area contributed by atoms with E-state index in [9.17, 15) is 0 Å². The second-order valence-electron chi connectivity index (χ2n) is 4.13. The summed E-state index contributed by atoms with van der Waals surface area (Å²) in [5, 5.41) is 17.2. The molecule has 17 heavy (non-hydrogen) atoms. The van der Waals surface area contributed by atoms with Gasteiger partial charge in [0.05, 0.1) is 5.69 Å². The Hall–Kier alpha value is -1.69. The van der Waals surface area contributed by atoms with Crippen molar-refractivity contribution in [2.24, 2.45) is 0 Å². The first-order valence-electron chi connectivity index (χ1n) is 5.83. The summed E-state index contributed by atoms with van der Waals surface area (Å²) in [5.41, 5.74) is 3.49. The van der Waals surface area contributed by atoms with E-state index in [4.69, 9.17) is 0 Å². The van der Waals surface area contributed by atoms with E-state index < -0.39 is 0 Å². The van der Waals surface area contributed by atoms with Gasteiger partial charge in [-0.15, -0.1) is 0 Å². The van der Waals surface area contributed by atoms with Crippen molar-refractivity contribution in [2.75, 3.05) is 6.54 Å². The molecule has 0 aliphatic rings. The molecule has 0 unspecified atom stereocenters. The maximum atomic E-state index is 4.17. The van der Waals surface area contributed by atoms with Crippen LogP contribution in [0, 0.1) is 13.8 Å². The molecule has 2 aromatic rings. The number of hydrogen-bond acceptors (Lipinski definition) is 4. The van der Waals surface area contributed by atoms with E-state index >= 15 is 0 Å². The van der Waals surface area contributed by atoms with Gasteiger partial charge in [-0.05, 0) is 26.8 Å². The molecule has 6 heteroatoms. The van der Waals surface area contributed by atoms with E-state index in [1.807, 2.05) is 13.8 Å². The largest absolute Gasteiger partial charge is 0.313 e. The fourth-order valence-electron chi connectivity index (χ4n) is 1.78. The quantitative estimate of drug-likeness (QED) is 0.648. The van der Waals surface area contributed by atoms with Crippen molar-refractivity contribution in [1.29, 1.82) is 0 Å². The van der Waals surface area contributed by atoms with Crippen LogP contribution in [0.1, 0.15) is 29.2 Å². The number of rotatable bonds is 6. The molecule has 92 valence electrons. The second kappa shape index (κ2) is 5.58. The lowest BCUT2D eigenvalue weighted by Crippen LogP contribution is -2.16. The number of aromatic nitrogens is 5. The monoisotopic (exact) mass is 234 g/mol. The molecule has 2 rings (SSSR count). The third kappa shape index (κ3) is 3.13. The van der Waals surface area contributed by atoms with Gasteiger partial charge in [0.2, 0.25) is 0 Å². The third-order valence-corrected chi connectivity index (χ3v) is 2.81. The molecule has 0 aliphatic carbocycles. The summed E-state index contributed by atoms with van der Waals surface area (Å²) in [4.78, 5) is 4.08. The van der Waals surface area contributed by atoms with Crippen LogP contribution in [0.4, 0.5) is 0 Å². The summed E-state index contributed by atoms with van der Waals surface area (Å²) < 4.78 is 0. The molecule has 2 heterocycles. The first-order valence-corrected chi connectivity index (χ1v) is 5.83. The Morgan fingerprint density at radius 3 is 2.82 bits per heavy atom. The van der Waals surface area contributed by atoms with Gasteiger partial charge < -0.3 is 5.32 Å². The number of hydrogen-bond donors (Lipinski definition) is 3. The molecule has 3 N–H and O–H groups in total. The van der Waals surface area contributed by atoms with Crippen molar-refractivity contribution in [3.63, 3.8) is 0 Å². The fourth-order valence-corrected chi connectivity index (χ4v) is 1.78. The Bertz CT molecular complexity index is 425. The van der Waals surface area contributed by atoms with E-state index in [1.54, 1.807) is 6.33 Å². The standard InChI is InChI=1S/C11H18N6/c1-8-10(9(2)16-15-8)6-12-5-3-4-11-13-7-14-17-11/h7,12H,3-6H2,1-2H3,(H,15,16)(H,13,14,17). The van der Waals surface area contributed by atoms with Gasteiger partial charge in [0.1, 0.15) is 12.2 Å². The first kappa shape index (κ1) is 11.8. The van der Waals surface area contributed by atoms with Gasteiger partial charge in [0.25, 0.3) is 0 Å². The summed E-state index contributed by atoms with van der Waals surface area (Å²) in [6.45, 7) is 5.90. The summed E-state index contributed by atoms with van der Waals surface area (Å²) in [7, 11) is 0. The molecule has 0 aromatic carbocycles. The Kier molecular flexibility index (Phi) is 3.87. The van der Waals surface area contributed by atoms with E-state index in [-0.39, 0.29) is 0 Å². The van der Waals surface area contributed by atoms with Crippen LogP contribution in [0.2, 0.25) is 0 Å². The molecule has 0 saturated carbocycles.